The Hall–Kier alpha value is -0.170. The van der Waals surface area contributed by atoms with E-state index in [1.807, 2.05) is 20.9 Å². The third-order valence-corrected chi connectivity index (χ3v) is 4.48. The maximum Gasteiger partial charge on any atom is 0.279 e. The van der Waals surface area contributed by atoms with Crippen LogP contribution >= 0.6 is 0 Å². The average molecular weight is 249 g/mol. The Morgan fingerprint density at radius 2 is 2.12 bits per heavy atom. The molecule has 0 spiro atoms. The first-order valence-electron chi connectivity index (χ1n) is 5.87. The quantitative estimate of drug-likeness (QED) is 0.730. The van der Waals surface area contributed by atoms with Crippen LogP contribution in [0.1, 0.15) is 26.7 Å². The molecule has 0 aliphatic carbocycles. The fourth-order valence-corrected chi connectivity index (χ4v) is 3.59. The molecule has 1 rings (SSSR count). The van der Waals surface area contributed by atoms with Crippen molar-refractivity contribution in [2.24, 2.45) is 5.92 Å². The van der Waals surface area contributed by atoms with Crippen LogP contribution in [0.4, 0.5) is 0 Å². The Balaban J connectivity index is 2.59. The molecule has 96 valence electrons. The molecule has 0 aromatic rings. The summed E-state index contributed by atoms with van der Waals surface area (Å²) in [5.74, 6) is 0.433. The zero-order chi connectivity index (χ0) is 12.2. The lowest BCUT2D eigenvalue weighted by Crippen LogP contribution is -2.49. The van der Waals surface area contributed by atoms with Crippen LogP contribution in [0.15, 0.2) is 0 Å². The normalized spacial score (nSPS) is 23.9. The molecule has 0 aromatic carbocycles. The molecule has 6 heteroatoms. The number of nitrogens with zero attached hydrogens (tertiary/aromatic N) is 1. The van der Waals surface area contributed by atoms with Gasteiger partial charge in [0.25, 0.3) is 10.2 Å². The minimum atomic E-state index is -3.28. The molecule has 16 heavy (non-hydrogen) atoms. The third-order valence-electron chi connectivity index (χ3n) is 2.70. The highest BCUT2D eigenvalue weighted by molar-refractivity contribution is 7.87. The van der Waals surface area contributed by atoms with E-state index in [9.17, 15) is 8.42 Å². The Morgan fingerprint density at radius 1 is 1.44 bits per heavy atom. The van der Waals surface area contributed by atoms with Crippen molar-refractivity contribution in [1.82, 2.24) is 14.3 Å². The van der Waals surface area contributed by atoms with Gasteiger partial charge in [0.2, 0.25) is 0 Å². The van der Waals surface area contributed by atoms with E-state index in [2.05, 4.69) is 10.0 Å². The van der Waals surface area contributed by atoms with Crippen molar-refractivity contribution in [2.45, 2.75) is 32.7 Å². The van der Waals surface area contributed by atoms with E-state index >= 15 is 0 Å². The smallest absolute Gasteiger partial charge is 0.279 e. The second-order valence-corrected chi connectivity index (χ2v) is 6.40. The zero-order valence-corrected chi connectivity index (χ0v) is 11.2. The molecule has 1 aliphatic rings. The molecule has 1 fully saturated rings. The summed E-state index contributed by atoms with van der Waals surface area (Å²) in [6, 6.07) is -0.0466. The lowest BCUT2D eigenvalue weighted by Gasteiger charge is -2.32. The van der Waals surface area contributed by atoms with E-state index in [1.165, 1.54) is 0 Å². The van der Waals surface area contributed by atoms with Crippen LogP contribution in [0.3, 0.4) is 0 Å². The molecule has 0 saturated carbocycles. The largest absolute Gasteiger partial charge is 0.319 e. The Bertz CT molecular complexity index is 301. The van der Waals surface area contributed by atoms with Gasteiger partial charge in [-0.05, 0) is 46.2 Å². The summed E-state index contributed by atoms with van der Waals surface area (Å²) in [5.41, 5.74) is 0. The molecule has 1 heterocycles. The third kappa shape index (κ3) is 4.01. The highest BCUT2D eigenvalue weighted by atomic mass is 32.2. The molecular weight excluding hydrogens is 226 g/mol. The molecule has 0 bridgehead atoms. The Morgan fingerprint density at radius 3 is 2.69 bits per heavy atom. The standard InChI is InChI=1S/C10H23N3O2S/c1-9(2)12-16(14,15)13-6-4-5-10(8-13)7-11-3/h9-12H,4-8H2,1-3H3. The summed E-state index contributed by atoms with van der Waals surface area (Å²) in [6.07, 6.45) is 2.06. The van der Waals surface area contributed by atoms with Crippen LogP contribution in [-0.2, 0) is 10.2 Å². The molecule has 5 nitrogen and oxygen atoms in total. The van der Waals surface area contributed by atoms with Gasteiger partial charge in [-0.2, -0.15) is 17.4 Å². The second-order valence-electron chi connectivity index (χ2n) is 4.70. The van der Waals surface area contributed by atoms with E-state index in [0.29, 0.717) is 19.0 Å². The van der Waals surface area contributed by atoms with Crippen LogP contribution in [0.2, 0.25) is 0 Å². The molecule has 0 radical (unpaired) electrons. The Labute approximate surface area is 98.8 Å². The van der Waals surface area contributed by atoms with Gasteiger partial charge in [-0.1, -0.05) is 0 Å². The predicted octanol–water partition coefficient (Wildman–Crippen LogP) is 0.161. The van der Waals surface area contributed by atoms with E-state index in [4.69, 9.17) is 0 Å². The Kier molecular flexibility index (Phi) is 5.17. The monoisotopic (exact) mass is 249 g/mol. The van der Waals surface area contributed by atoms with Gasteiger partial charge in [-0.3, -0.25) is 0 Å². The van der Waals surface area contributed by atoms with Crippen LogP contribution in [-0.4, -0.2) is 45.4 Å². The first kappa shape index (κ1) is 13.9. The van der Waals surface area contributed by atoms with Crippen molar-refractivity contribution in [2.75, 3.05) is 26.7 Å². The number of hydrogen-bond donors (Lipinski definition) is 2. The summed E-state index contributed by atoms with van der Waals surface area (Å²) in [6.45, 7) is 5.83. The molecule has 1 saturated heterocycles. The first-order valence-corrected chi connectivity index (χ1v) is 7.31. The van der Waals surface area contributed by atoms with Crippen molar-refractivity contribution in [3.05, 3.63) is 0 Å². The van der Waals surface area contributed by atoms with Gasteiger partial charge in [0, 0.05) is 19.1 Å². The lowest BCUT2D eigenvalue weighted by atomic mass is 10.00. The van der Waals surface area contributed by atoms with E-state index in [0.717, 1.165) is 19.4 Å². The highest BCUT2D eigenvalue weighted by Crippen LogP contribution is 2.17. The summed E-state index contributed by atoms with van der Waals surface area (Å²) < 4.78 is 28.1. The zero-order valence-electron chi connectivity index (χ0n) is 10.4. The average Bonchev–Trinajstić information content (AvgIpc) is 2.16. The fourth-order valence-electron chi connectivity index (χ4n) is 2.07. The minimum absolute atomic E-state index is 0.0466. The number of nitrogens with one attached hydrogen (secondary N) is 2. The van der Waals surface area contributed by atoms with Gasteiger partial charge < -0.3 is 5.32 Å². The maximum atomic E-state index is 11.9. The topological polar surface area (TPSA) is 61.4 Å². The van der Waals surface area contributed by atoms with Crippen molar-refractivity contribution in [3.8, 4) is 0 Å². The summed E-state index contributed by atoms with van der Waals surface area (Å²) in [5, 5.41) is 3.11. The van der Waals surface area contributed by atoms with E-state index in [-0.39, 0.29) is 6.04 Å². The fraction of sp³-hybridized carbons (Fsp3) is 1.00. The van der Waals surface area contributed by atoms with Gasteiger partial charge in [-0.25, -0.2) is 0 Å². The molecule has 0 aromatic heterocycles. The second kappa shape index (κ2) is 5.95. The lowest BCUT2D eigenvalue weighted by molar-refractivity contribution is 0.260. The number of hydrogen-bond acceptors (Lipinski definition) is 3. The van der Waals surface area contributed by atoms with Gasteiger partial charge in [-0.15, -0.1) is 0 Å². The highest BCUT2D eigenvalue weighted by Gasteiger charge is 2.28. The first-order chi connectivity index (χ1) is 7.45. The van der Waals surface area contributed by atoms with E-state index in [1.54, 1.807) is 4.31 Å². The van der Waals surface area contributed by atoms with Gasteiger partial charge in [0.05, 0.1) is 0 Å². The molecular formula is C10H23N3O2S. The predicted molar refractivity (Wildman–Crippen MR) is 65.4 cm³/mol. The van der Waals surface area contributed by atoms with Gasteiger partial charge >= 0.3 is 0 Å². The van der Waals surface area contributed by atoms with Gasteiger partial charge in [0.15, 0.2) is 0 Å². The van der Waals surface area contributed by atoms with Crippen LogP contribution in [0.5, 0.6) is 0 Å². The van der Waals surface area contributed by atoms with Crippen LogP contribution in [0.25, 0.3) is 0 Å². The summed E-state index contributed by atoms with van der Waals surface area (Å²) in [4.78, 5) is 0. The molecule has 2 N–H and O–H groups in total. The van der Waals surface area contributed by atoms with Crippen molar-refractivity contribution >= 4 is 10.2 Å². The molecule has 1 aliphatic heterocycles. The summed E-state index contributed by atoms with van der Waals surface area (Å²) in [7, 11) is -1.38. The van der Waals surface area contributed by atoms with Crippen LogP contribution in [0, 0.1) is 5.92 Å². The summed E-state index contributed by atoms with van der Waals surface area (Å²) >= 11 is 0. The SMILES string of the molecule is CNCC1CCCN(S(=O)(=O)NC(C)C)C1. The maximum absolute atomic E-state index is 11.9. The number of piperidine rings is 1. The van der Waals surface area contributed by atoms with Gasteiger partial charge in [0.1, 0.15) is 0 Å². The molecule has 0 amide bonds. The molecule has 1 atom stereocenters. The van der Waals surface area contributed by atoms with Crippen molar-refractivity contribution in [3.63, 3.8) is 0 Å². The minimum Gasteiger partial charge on any atom is -0.319 e. The van der Waals surface area contributed by atoms with Crippen LogP contribution < -0.4 is 10.0 Å². The van der Waals surface area contributed by atoms with Crippen molar-refractivity contribution in [1.29, 1.82) is 0 Å². The number of rotatable bonds is 5. The molecule has 1 unspecified atom stereocenters. The van der Waals surface area contributed by atoms with Crippen molar-refractivity contribution < 1.29 is 8.42 Å². The van der Waals surface area contributed by atoms with E-state index < -0.39 is 10.2 Å².